The van der Waals surface area contributed by atoms with Crippen molar-refractivity contribution in [2.24, 2.45) is 0 Å². The van der Waals surface area contributed by atoms with Gasteiger partial charge in [0.1, 0.15) is 5.75 Å². The number of aromatic hydroxyl groups is 1. The standard InChI is InChI=1S/C19H17NO6/c1-25-18(23)13-9-14(19(24)26-2)11-15(10-13)20-17(22)8-5-12-3-6-16(21)7-4-12/h3-11,21H,1-2H3,(H,20,22)/b8-5+. The van der Waals surface area contributed by atoms with Crippen molar-refractivity contribution in [3.8, 4) is 5.75 Å². The number of phenols is 1. The number of carbonyl (C=O) groups is 3. The Morgan fingerprint density at radius 1 is 0.923 bits per heavy atom. The van der Waals surface area contributed by atoms with Crippen LogP contribution in [0, 0.1) is 0 Å². The molecule has 0 aromatic heterocycles. The van der Waals surface area contributed by atoms with Crippen molar-refractivity contribution in [1.29, 1.82) is 0 Å². The summed E-state index contributed by atoms with van der Waals surface area (Å²) in [6, 6.07) is 10.4. The van der Waals surface area contributed by atoms with Gasteiger partial charge in [-0.05, 0) is 42.0 Å². The van der Waals surface area contributed by atoms with Crippen LogP contribution in [-0.2, 0) is 14.3 Å². The molecule has 0 unspecified atom stereocenters. The first-order valence-corrected chi connectivity index (χ1v) is 7.52. The molecule has 2 N–H and O–H groups in total. The van der Waals surface area contributed by atoms with Crippen molar-refractivity contribution in [2.75, 3.05) is 19.5 Å². The van der Waals surface area contributed by atoms with Gasteiger partial charge in [0.05, 0.1) is 25.3 Å². The number of hydrogen-bond donors (Lipinski definition) is 2. The average Bonchev–Trinajstić information content (AvgIpc) is 2.65. The number of nitrogens with one attached hydrogen (secondary N) is 1. The fourth-order valence-corrected chi connectivity index (χ4v) is 2.11. The predicted molar refractivity (Wildman–Crippen MR) is 94.9 cm³/mol. The summed E-state index contributed by atoms with van der Waals surface area (Å²) in [7, 11) is 2.43. The summed E-state index contributed by atoms with van der Waals surface area (Å²) in [5.41, 5.74) is 1.17. The SMILES string of the molecule is COC(=O)c1cc(NC(=O)/C=C/c2ccc(O)cc2)cc(C(=O)OC)c1. The maximum absolute atomic E-state index is 12.1. The summed E-state index contributed by atoms with van der Waals surface area (Å²) in [6.45, 7) is 0. The number of benzene rings is 2. The van der Waals surface area contributed by atoms with Crippen molar-refractivity contribution in [2.45, 2.75) is 0 Å². The van der Waals surface area contributed by atoms with Crippen LogP contribution < -0.4 is 5.32 Å². The van der Waals surface area contributed by atoms with Gasteiger partial charge >= 0.3 is 11.9 Å². The van der Waals surface area contributed by atoms with Gasteiger partial charge in [0.25, 0.3) is 0 Å². The zero-order valence-electron chi connectivity index (χ0n) is 14.2. The second-order valence-corrected chi connectivity index (χ2v) is 5.20. The molecule has 0 aliphatic heterocycles. The molecule has 0 spiro atoms. The molecule has 0 aliphatic carbocycles. The molecule has 26 heavy (non-hydrogen) atoms. The molecule has 2 aromatic rings. The second-order valence-electron chi connectivity index (χ2n) is 5.20. The van der Waals surface area contributed by atoms with Gasteiger partial charge in [0.2, 0.25) is 5.91 Å². The lowest BCUT2D eigenvalue weighted by Gasteiger charge is -2.08. The van der Waals surface area contributed by atoms with E-state index in [1.807, 2.05) is 0 Å². The number of amides is 1. The molecular formula is C19H17NO6. The molecule has 0 aliphatic rings. The largest absolute Gasteiger partial charge is 0.508 e. The topological polar surface area (TPSA) is 102 Å². The van der Waals surface area contributed by atoms with E-state index in [1.54, 1.807) is 18.2 Å². The molecular weight excluding hydrogens is 338 g/mol. The highest BCUT2D eigenvalue weighted by atomic mass is 16.5. The number of rotatable bonds is 5. The molecule has 2 rings (SSSR count). The number of methoxy groups -OCH3 is 2. The lowest BCUT2D eigenvalue weighted by atomic mass is 10.1. The molecule has 0 saturated carbocycles. The third kappa shape index (κ3) is 4.94. The van der Waals surface area contributed by atoms with Crippen LogP contribution >= 0.6 is 0 Å². The van der Waals surface area contributed by atoms with Gasteiger partial charge in [-0.1, -0.05) is 12.1 Å². The first kappa shape index (κ1) is 18.7. The van der Waals surface area contributed by atoms with Gasteiger partial charge in [-0.15, -0.1) is 0 Å². The molecule has 0 fully saturated rings. The van der Waals surface area contributed by atoms with Crippen LogP contribution in [-0.4, -0.2) is 37.2 Å². The highest BCUT2D eigenvalue weighted by Gasteiger charge is 2.14. The Morgan fingerprint density at radius 2 is 1.46 bits per heavy atom. The fraction of sp³-hybridized carbons (Fsp3) is 0.105. The fourth-order valence-electron chi connectivity index (χ4n) is 2.11. The summed E-state index contributed by atoms with van der Waals surface area (Å²) in [6.07, 6.45) is 2.84. The monoisotopic (exact) mass is 355 g/mol. The van der Waals surface area contributed by atoms with Crippen LogP contribution in [0.2, 0.25) is 0 Å². The number of phenolic OH excluding ortho intramolecular Hbond substituents is 1. The number of ether oxygens (including phenoxy) is 2. The van der Waals surface area contributed by atoms with Crippen LogP contribution in [0.3, 0.4) is 0 Å². The Balaban J connectivity index is 2.21. The second kappa shape index (κ2) is 8.48. The molecule has 0 heterocycles. The van der Waals surface area contributed by atoms with Gasteiger partial charge in [0.15, 0.2) is 0 Å². The molecule has 7 heteroatoms. The van der Waals surface area contributed by atoms with Crippen molar-refractivity contribution < 1.29 is 29.0 Å². The van der Waals surface area contributed by atoms with E-state index >= 15 is 0 Å². The van der Waals surface area contributed by atoms with Gasteiger partial charge in [-0.25, -0.2) is 9.59 Å². The van der Waals surface area contributed by atoms with Gasteiger partial charge < -0.3 is 19.9 Å². The predicted octanol–water partition coefficient (Wildman–Crippen LogP) is 2.62. The quantitative estimate of drug-likeness (QED) is 0.631. The van der Waals surface area contributed by atoms with Crippen LogP contribution in [0.15, 0.2) is 48.5 Å². The maximum atomic E-state index is 12.1. The molecule has 0 atom stereocenters. The van der Waals surface area contributed by atoms with E-state index < -0.39 is 17.8 Å². The first-order valence-electron chi connectivity index (χ1n) is 7.52. The Morgan fingerprint density at radius 3 is 1.96 bits per heavy atom. The zero-order valence-corrected chi connectivity index (χ0v) is 14.2. The number of anilines is 1. The normalized spacial score (nSPS) is 10.4. The van der Waals surface area contributed by atoms with Gasteiger partial charge in [0, 0.05) is 11.8 Å². The molecule has 1 amide bonds. The van der Waals surface area contributed by atoms with E-state index in [0.717, 1.165) is 5.56 Å². The van der Waals surface area contributed by atoms with E-state index in [0.29, 0.717) is 0 Å². The molecule has 0 radical (unpaired) electrons. The molecule has 2 aromatic carbocycles. The van der Waals surface area contributed by atoms with Crippen LogP contribution in [0.25, 0.3) is 6.08 Å². The average molecular weight is 355 g/mol. The minimum Gasteiger partial charge on any atom is -0.508 e. The van der Waals surface area contributed by atoms with Crippen molar-refractivity contribution in [3.63, 3.8) is 0 Å². The summed E-state index contributed by atoms with van der Waals surface area (Å²) in [5, 5.41) is 11.8. The van der Waals surface area contributed by atoms with Crippen molar-refractivity contribution in [1.82, 2.24) is 0 Å². The zero-order chi connectivity index (χ0) is 19.1. The Bertz CT molecular complexity index is 821. The maximum Gasteiger partial charge on any atom is 0.337 e. The highest BCUT2D eigenvalue weighted by Crippen LogP contribution is 2.17. The smallest absolute Gasteiger partial charge is 0.337 e. The van der Waals surface area contributed by atoms with Crippen LogP contribution in [0.4, 0.5) is 5.69 Å². The first-order chi connectivity index (χ1) is 12.4. The van der Waals surface area contributed by atoms with E-state index in [9.17, 15) is 19.5 Å². The van der Waals surface area contributed by atoms with Crippen molar-refractivity contribution >= 4 is 29.6 Å². The molecule has 0 bridgehead atoms. The summed E-state index contributed by atoms with van der Waals surface area (Å²) in [4.78, 5) is 35.5. The Kier molecular flexibility index (Phi) is 6.10. The molecule has 7 nitrogen and oxygen atoms in total. The minimum atomic E-state index is -0.647. The third-order valence-corrected chi connectivity index (χ3v) is 3.36. The van der Waals surface area contributed by atoms with Crippen LogP contribution in [0.1, 0.15) is 26.3 Å². The van der Waals surface area contributed by atoms with Gasteiger partial charge in [-0.3, -0.25) is 4.79 Å². The third-order valence-electron chi connectivity index (χ3n) is 3.36. The lowest BCUT2D eigenvalue weighted by molar-refractivity contribution is -0.111. The summed E-state index contributed by atoms with van der Waals surface area (Å²) >= 11 is 0. The van der Waals surface area contributed by atoms with E-state index in [-0.39, 0.29) is 22.6 Å². The number of carbonyl (C=O) groups excluding carboxylic acids is 3. The summed E-state index contributed by atoms with van der Waals surface area (Å²) < 4.78 is 9.28. The molecule has 134 valence electrons. The lowest BCUT2D eigenvalue weighted by Crippen LogP contribution is -2.12. The Hall–Kier alpha value is -3.61. The van der Waals surface area contributed by atoms with Crippen LogP contribution in [0.5, 0.6) is 5.75 Å². The summed E-state index contributed by atoms with van der Waals surface area (Å²) in [5.74, 6) is -1.63. The Labute approximate surface area is 149 Å². The van der Waals surface area contributed by atoms with Gasteiger partial charge in [-0.2, -0.15) is 0 Å². The number of esters is 2. The van der Waals surface area contributed by atoms with E-state index in [1.165, 1.54) is 50.6 Å². The van der Waals surface area contributed by atoms with E-state index in [4.69, 9.17) is 0 Å². The highest BCUT2D eigenvalue weighted by molar-refractivity contribution is 6.04. The molecule has 0 saturated heterocycles. The number of hydrogen-bond acceptors (Lipinski definition) is 6. The minimum absolute atomic E-state index is 0.105. The van der Waals surface area contributed by atoms with Crippen molar-refractivity contribution in [3.05, 3.63) is 65.2 Å². The van der Waals surface area contributed by atoms with E-state index in [2.05, 4.69) is 14.8 Å².